The maximum atomic E-state index is 14.0. The highest BCUT2D eigenvalue weighted by molar-refractivity contribution is 6.31. The number of ether oxygens (including phenoxy) is 3. The molecule has 5 atom stereocenters. The summed E-state index contributed by atoms with van der Waals surface area (Å²) in [7, 11) is 1.43. The van der Waals surface area contributed by atoms with Gasteiger partial charge < -0.3 is 29.4 Å². The van der Waals surface area contributed by atoms with Crippen LogP contribution in [-0.4, -0.2) is 89.8 Å². The summed E-state index contributed by atoms with van der Waals surface area (Å²) < 4.78 is 30.1. The molecule has 1 aliphatic rings. The fraction of sp³-hybridized carbons (Fsp3) is 0.586. The summed E-state index contributed by atoms with van der Waals surface area (Å²) in [6.07, 6.45) is -0.756. The van der Waals surface area contributed by atoms with E-state index in [0.29, 0.717) is 22.9 Å². The number of H-pyrrole nitrogens is 1. The fourth-order valence-electron chi connectivity index (χ4n) is 4.97. The molecule has 2 aromatic rings. The van der Waals surface area contributed by atoms with Crippen LogP contribution in [0.15, 0.2) is 18.2 Å². The molecule has 2 heterocycles. The van der Waals surface area contributed by atoms with Gasteiger partial charge in [-0.15, -0.1) is 0 Å². The largest absolute Gasteiger partial charge is 0.460 e. The molecule has 1 aliphatic heterocycles. The number of halogens is 2. The van der Waals surface area contributed by atoms with Gasteiger partial charge in [0.25, 0.3) is 0 Å². The predicted octanol–water partition coefficient (Wildman–Crippen LogP) is 2.88. The third-order valence-corrected chi connectivity index (χ3v) is 7.41. The number of nitrogens with zero attached hydrogens (tertiary/aromatic N) is 1. The van der Waals surface area contributed by atoms with Crippen LogP contribution in [0, 0.1) is 5.82 Å². The number of hydrogen-bond acceptors (Lipinski definition) is 8. The SMILES string of the molecule is COC(C)C(NC(=O)C(C)NCC(=O)OC(C)(C)C)C(=O)N1CCC(OC(C)=O)C1Cc1c(Cl)[nH]c2cc(F)ccc12. The van der Waals surface area contributed by atoms with Crippen molar-refractivity contribution in [2.45, 2.75) is 90.3 Å². The third-order valence-electron chi connectivity index (χ3n) is 7.08. The number of aromatic nitrogens is 1. The average molecular weight is 611 g/mol. The zero-order valence-corrected chi connectivity index (χ0v) is 25.8. The van der Waals surface area contributed by atoms with Crippen molar-refractivity contribution in [1.29, 1.82) is 0 Å². The minimum absolute atomic E-state index is 0.197. The molecule has 3 rings (SSSR count). The third kappa shape index (κ3) is 8.42. The van der Waals surface area contributed by atoms with E-state index >= 15 is 0 Å². The predicted molar refractivity (Wildman–Crippen MR) is 154 cm³/mol. The Morgan fingerprint density at radius 2 is 1.90 bits per heavy atom. The van der Waals surface area contributed by atoms with Crippen LogP contribution in [0.4, 0.5) is 4.39 Å². The minimum Gasteiger partial charge on any atom is -0.460 e. The molecular weight excluding hydrogens is 571 g/mol. The summed E-state index contributed by atoms with van der Waals surface area (Å²) in [6.45, 7) is 9.80. The molecule has 13 heteroatoms. The van der Waals surface area contributed by atoms with E-state index in [-0.39, 0.29) is 24.7 Å². The van der Waals surface area contributed by atoms with Gasteiger partial charge in [-0.2, -0.15) is 0 Å². The van der Waals surface area contributed by atoms with E-state index in [9.17, 15) is 23.6 Å². The highest BCUT2D eigenvalue weighted by Crippen LogP contribution is 2.33. The Morgan fingerprint density at radius 1 is 1.21 bits per heavy atom. The average Bonchev–Trinajstić information content (AvgIpc) is 3.42. The Labute approximate surface area is 249 Å². The van der Waals surface area contributed by atoms with E-state index in [1.807, 2.05) is 0 Å². The molecule has 1 fully saturated rings. The smallest absolute Gasteiger partial charge is 0.320 e. The zero-order valence-electron chi connectivity index (χ0n) is 25.0. The highest BCUT2D eigenvalue weighted by Gasteiger charge is 2.43. The normalized spacial score (nSPS) is 19.3. The molecule has 1 aromatic carbocycles. The standard InChI is InChI=1S/C29H40ClFN4O7/c1-15(32-14-24(37)42-29(4,5)6)27(38)34-25(16(2)40-7)28(39)35-11-10-23(41-17(3)36)22(35)13-20-19-9-8-18(31)12-21(19)33-26(20)30/h8-9,12,15-16,22-23,25,32-33H,10-11,13-14H2,1-7H3,(H,34,38). The van der Waals surface area contributed by atoms with Crippen molar-refractivity contribution in [3.8, 4) is 0 Å². The molecule has 1 saturated heterocycles. The molecule has 1 aromatic heterocycles. The van der Waals surface area contributed by atoms with Crippen molar-refractivity contribution in [1.82, 2.24) is 20.5 Å². The van der Waals surface area contributed by atoms with E-state index in [1.54, 1.807) is 45.6 Å². The van der Waals surface area contributed by atoms with E-state index in [0.717, 1.165) is 0 Å². The first kappa shape index (κ1) is 33.3. The highest BCUT2D eigenvalue weighted by atomic mass is 35.5. The lowest BCUT2D eigenvalue weighted by molar-refractivity contribution is -0.154. The lowest BCUT2D eigenvalue weighted by Crippen LogP contribution is -2.59. The summed E-state index contributed by atoms with van der Waals surface area (Å²) in [4.78, 5) is 55.6. The van der Waals surface area contributed by atoms with Crippen molar-refractivity contribution >= 4 is 46.3 Å². The molecule has 232 valence electrons. The van der Waals surface area contributed by atoms with Crippen molar-refractivity contribution in [3.05, 3.63) is 34.7 Å². The Morgan fingerprint density at radius 3 is 2.52 bits per heavy atom. The number of hydrogen-bond donors (Lipinski definition) is 3. The van der Waals surface area contributed by atoms with Gasteiger partial charge in [0.2, 0.25) is 11.8 Å². The van der Waals surface area contributed by atoms with Crippen LogP contribution in [0.1, 0.15) is 53.5 Å². The van der Waals surface area contributed by atoms with Gasteiger partial charge in [0.15, 0.2) is 0 Å². The molecule has 5 unspecified atom stereocenters. The lowest BCUT2D eigenvalue weighted by atomic mass is 10.00. The summed E-state index contributed by atoms with van der Waals surface area (Å²) >= 11 is 6.50. The van der Waals surface area contributed by atoms with E-state index in [1.165, 1.54) is 26.2 Å². The molecule has 0 saturated carbocycles. The van der Waals surface area contributed by atoms with E-state index in [2.05, 4.69) is 15.6 Å². The number of amides is 2. The number of likely N-dealkylation sites (tertiary alicyclic amines) is 1. The Kier molecular flexibility index (Phi) is 11.0. The van der Waals surface area contributed by atoms with Crippen LogP contribution >= 0.6 is 11.6 Å². The maximum Gasteiger partial charge on any atom is 0.320 e. The number of methoxy groups -OCH3 is 1. The quantitative estimate of drug-likeness (QED) is 0.330. The molecule has 0 bridgehead atoms. The van der Waals surface area contributed by atoms with Crippen LogP contribution in [0.2, 0.25) is 5.15 Å². The second kappa shape index (κ2) is 13.8. The van der Waals surface area contributed by atoms with Gasteiger partial charge in [0.1, 0.15) is 28.7 Å². The number of benzene rings is 1. The molecular formula is C29H40ClFN4O7. The Bertz CT molecular complexity index is 1310. The van der Waals surface area contributed by atoms with Crippen LogP contribution < -0.4 is 10.6 Å². The first-order valence-corrected chi connectivity index (χ1v) is 14.2. The van der Waals surface area contributed by atoms with Crippen LogP contribution in [-0.2, 0) is 39.8 Å². The van der Waals surface area contributed by atoms with E-state index in [4.69, 9.17) is 25.8 Å². The fourth-order valence-corrected chi connectivity index (χ4v) is 5.26. The van der Waals surface area contributed by atoms with Crippen LogP contribution in [0.25, 0.3) is 10.9 Å². The maximum absolute atomic E-state index is 14.0. The molecule has 0 aliphatic carbocycles. The number of aromatic amines is 1. The summed E-state index contributed by atoms with van der Waals surface area (Å²) in [5, 5.41) is 6.53. The molecule has 42 heavy (non-hydrogen) atoms. The molecule has 0 radical (unpaired) electrons. The number of fused-ring (bicyclic) bond motifs is 1. The van der Waals surface area contributed by atoms with E-state index < -0.39 is 65.5 Å². The van der Waals surface area contributed by atoms with Gasteiger partial charge in [0, 0.05) is 44.3 Å². The first-order chi connectivity index (χ1) is 19.6. The number of carbonyl (C=O) groups excluding carboxylic acids is 4. The Hall–Kier alpha value is -3.22. The molecule has 2 amide bonds. The second-order valence-electron chi connectivity index (χ2n) is 11.5. The van der Waals surface area contributed by atoms with Crippen molar-refractivity contribution < 1.29 is 37.8 Å². The number of carbonyl (C=O) groups is 4. The summed E-state index contributed by atoms with van der Waals surface area (Å²) in [6, 6.07) is 1.72. The van der Waals surface area contributed by atoms with Crippen LogP contribution in [0.3, 0.4) is 0 Å². The second-order valence-corrected chi connectivity index (χ2v) is 11.8. The molecule has 0 spiro atoms. The zero-order chi connectivity index (χ0) is 31.4. The van der Waals surface area contributed by atoms with Crippen molar-refractivity contribution in [2.24, 2.45) is 0 Å². The number of esters is 2. The minimum atomic E-state index is -1.08. The van der Waals surface area contributed by atoms with Crippen LogP contribution in [0.5, 0.6) is 0 Å². The van der Waals surface area contributed by atoms with Crippen molar-refractivity contribution in [2.75, 3.05) is 20.2 Å². The van der Waals surface area contributed by atoms with Crippen molar-refractivity contribution in [3.63, 3.8) is 0 Å². The van der Waals surface area contributed by atoms with Gasteiger partial charge in [-0.1, -0.05) is 11.6 Å². The number of nitrogens with one attached hydrogen (secondary N) is 3. The molecule has 3 N–H and O–H groups in total. The van der Waals surface area contributed by atoms with Gasteiger partial charge in [-0.3, -0.25) is 24.5 Å². The molecule has 11 nitrogen and oxygen atoms in total. The van der Waals surface area contributed by atoms with Gasteiger partial charge in [-0.25, -0.2) is 4.39 Å². The van der Waals surface area contributed by atoms with Gasteiger partial charge >= 0.3 is 11.9 Å². The van der Waals surface area contributed by atoms with Gasteiger partial charge in [0.05, 0.1) is 24.7 Å². The summed E-state index contributed by atoms with van der Waals surface area (Å²) in [5.74, 6) is -2.39. The topological polar surface area (TPSA) is 139 Å². The number of rotatable bonds is 11. The monoisotopic (exact) mass is 610 g/mol. The Balaban J connectivity index is 1.82. The summed E-state index contributed by atoms with van der Waals surface area (Å²) in [5.41, 5.74) is 0.480. The lowest BCUT2D eigenvalue weighted by Gasteiger charge is -2.33. The van der Waals surface area contributed by atoms with Gasteiger partial charge in [-0.05, 0) is 58.4 Å². The first-order valence-electron chi connectivity index (χ1n) is 13.8.